The minimum Gasteiger partial charge on any atom is -0.381 e. The number of hydrogen-bond donors (Lipinski definition) is 0. The van der Waals surface area contributed by atoms with Crippen LogP contribution < -0.4 is 0 Å². The van der Waals surface area contributed by atoms with Crippen molar-refractivity contribution in [2.24, 2.45) is 0 Å². The fraction of sp³-hybridized carbons (Fsp3) is 1.00. The van der Waals surface area contributed by atoms with Gasteiger partial charge in [0.25, 0.3) is 5.13 Å². The Bertz CT molecular complexity index is 159. The summed E-state index contributed by atoms with van der Waals surface area (Å²) in [5.74, 6) is 0. The molecule has 1 nitrogen and oxygen atoms in total. The highest BCUT2D eigenvalue weighted by Crippen LogP contribution is 2.42. The maximum atomic E-state index is 12.9. The molecule has 0 unspecified atom stereocenters. The molecule has 86 valence electrons. The second-order valence-electron chi connectivity index (χ2n) is 2.92. The molecule has 0 aromatic carbocycles. The van der Waals surface area contributed by atoms with E-state index in [2.05, 4.69) is 11.6 Å². The lowest BCUT2D eigenvalue weighted by molar-refractivity contribution is -0.0372. The molecule has 0 spiro atoms. The minimum atomic E-state index is -4.07. The van der Waals surface area contributed by atoms with Crippen molar-refractivity contribution in [1.29, 1.82) is 0 Å². The largest absolute Gasteiger partial charge is 0.381 e. The van der Waals surface area contributed by atoms with E-state index >= 15 is 0 Å². The molecule has 0 rings (SSSR count). The molecule has 0 aliphatic rings. The maximum absolute atomic E-state index is 12.9. The molecule has 0 aromatic rings. The summed E-state index contributed by atoms with van der Waals surface area (Å²) < 4.78 is 42.4. The highest BCUT2D eigenvalue weighted by Gasteiger charge is 2.51. The van der Waals surface area contributed by atoms with Gasteiger partial charge in [-0.2, -0.15) is 8.78 Å². The van der Waals surface area contributed by atoms with Gasteiger partial charge in [-0.15, -0.1) is 0 Å². The summed E-state index contributed by atoms with van der Waals surface area (Å²) in [5, 5.41) is -7.30. The van der Waals surface area contributed by atoms with Gasteiger partial charge >= 0.3 is 5.38 Å². The zero-order valence-corrected chi connectivity index (χ0v) is 9.35. The molecule has 6 heteroatoms. The summed E-state index contributed by atoms with van der Waals surface area (Å²) in [7, 11) is 0. The van der Waals surface area contributed by atoms with Gasteiger partial charge in [0, 0.05) is 13.0 Å². The van der Waals surface area contributed by atoms with Crippen LogP contribution in [0.3, 0.4) is 0 Å². The average molecular weight is 253 g/mol. The van der Waals surface area contributed by atoms with Crippen molar-refractivity contribution >= 4 is 23.2 Å². The van der Waals surface area contributed by atoms with Gasteiger partial charge in [-0.05, 0) is 18.0 Å². The second kappa shape index (κ2) is 6.03. The monoisotopic (exact) mass is 252 g/mol. The van der Waals surface area contributed by atoms with Crippen LogP contribution >= 0.6 is 23.2 Å². The summed E-state index contributed by atoms with van der Waals surface area (Å²) in [6.07, 6.45) is 1.10. The maximum Gasteiger partial charge on any atom is 0.369 e. The predicted octanol–water partition coefficient (Wildman–Crippen LogP) is 3.93. The Balaban J connectivity index is 3.67. The summed E-state index contributed by atoms with van der Waals surface area (Å²) in [6.45, 7) is 2.21. The van der Waals surface area contributed by atoms with Crippen molar-refractivity contribution in [3.63, 3.8) is 0 Å². The minimum absolute atomic E-state index is 0.164. The SMILES string of the molecule is CCCCOCC[C@](F)(Cl)C(F)(F)Cl. The van der Waals surface area contributed by atoms with Crippen LogP contribution in [-0.2, 0) is 4.74 Å². The molecule has 0 bridgehead atoms. The normalized spacial score (nSPS) is 16.7. The van der Waals surface area contributed by atoms with Gasteiger partial charge < -0.3 is 4.74 Å². The number of alkyl halides is 5. The van der Waals surface area contributed by atoms with Gasteiger partial charge in [0.15, 0.2) is 0 Å². The number of halogens is 5. The van der Waals surface area contributed by atoms with Crippen LogP contribution in [0.5, 0.6) is 0 Å². The van der Waals surface area contributed by atoms with E-state index in [1.165, 1.54) is 0 Å². The lowest BCUT2D eigenvalue weighted by Gasteiger charge is -2.22. The second-order valence-corrected chi connectivity index (χ2v) is 3.99. The Morgan fingerprint density at radius 1 is 1.14 bits per heavy atom. The van der Waals surface area contributed by atoms with Crippen LogP contribution in [0.25, 0.3) is 0 Å². The smallest absolute Gasteiger partial charge is 0.369 e. The molecule has 0 aliphatic heterocycles. The lowest BCUT2D eigenvalue weighted by Crippen LogP contribution is -2.35. The lowest BCUT2D eigenvalue weighted by atomic mass is 10.3. The Hall–Kier alpha value is 0.330. The van der Waals surface area contributed by atoms with E-state index in [1.54, 1.807) is 0 Å². The zero-order chi connectivity index (χ0) is 11.2. The first-order valence-corrected chi connectivity index (χ1v) is 5.09. The Morgan fingerprint density at radius 2 is 1.71 bits per heavy atom. The molecular formula is C8H13Cl2F3O. The highest BCUT2D eigenvalue weighted by molar-refractivity contribution is 6.32. The molecule has 0 aliphatic carbocycles. The first-order chi connectivity index (χ1) is 6.31. The molecule has 0 saturated carbocycles. The molecule has 0 radical (unpaired) electrons. The molecule has 1 atom stereocenters. The quantitative estimate of drug-likeness (QED) is 0.493. The molecule has 0 aromatic heterocycles. The fourth-order valence-electron chi connectivity index (χ4n) is 0.691. The highest BCUT2D eigenvalue weighted by atomic mass is 35.5. The zero-order valence-electron chi connectivity index (χ0n) is 7.83. The third kappa shape index (κ3) is 5.27. The van der Waals surface area contributed by atoms with Crippen molar-refractivity contribution in [1.82, 2.24) is 0 Å². The van der Waals surface area contributed by atoms with Crippen molar-refractivity contribution in [2.75, 3.05) is 13.2 Å². The van der Waals surface area contributed by atoms with Crippen LogP contribution in [0.4, 0.5) is 13.2 Å². The van der Waals surface area contributed by atoms with Crippen LogP contribution in [0.1, 0.15) is 26.2 Å². The van der Waals surface area contributed by atoms with E-state index in [9.17, 15) is 13.2 Å². The molecule has 0 amide bonds. The number of ether oxygens (including phenoxy) is 1. The summed E-state index contributed by atoms with van der Waals surface area (Å²) in [4.78, 5) is 0. The van der Waals surface area contributed by atoms with Gasteiger partial charge in [0.05, 0.1) is 6.61 Å². The van der Waals surface area contributed by atoms with Gasteiger partial charge in [-0.25, -0.2) is 4.39 Å². The van der Waals surface area contributed by atoms with E-state index in [0.29, 0.717) is 6.61 Å². The van der Waals surface area contributed by atoms with Crippen LogP contribution in [0.2, 0.25) is 0 Å². The van der Waals surface area contributed by atoms with Gasteiger partial charge in [0.1, 0.15) is 0 Å². The van der Waals surface area contributed by atoms with Crippen molar-refractivity contribution < 1.29 is 17.9 Å². The van der Waals surface area contributed by atoms with Crippen LogP contribution in [-0.4, -0.2) is 23.7 Å². The van der Waals surface area contributed by atoms with Crippen molar-refractivity contribution in [3.8, 4) is 0 Å². The number of hydrogen-bond acceptors (Lipinski definition) is 1. The van der Waals surface area contributed by atoms with E-state index in [4.69, 9.17) is 16.3 Å². The number of rotatable bonds is 7. The van der Waals surface area contributed by atoms with Gasteiger partial charge in [-0.3, -0.25) is 0 Å². The van der Waals surface area contributed by atoms with Crippen molar-refractivity contribution in [3.05, 3.63) is 0 Å². The predicted molar refractivity (Wildman–Crippen MR) is 50.8 cm³/mol. The first-order valence-electron chi connectivity index (χ1n) is 4.33. The molecule has 0 fully saturated rings. The Morgan fingerprint density at radius 3 is 2.14 bits per heavy atom. The van der Waals surface area contributed by atoms with Gasteiger partial charge in [0.2, 0.25) is 0 Å². The van der Waals surface area contributed by atoms with Crippen LogP contribution in [0, 0.1) is 0 Å². The third-order valence-electron chi connectivity index (χ3n) is 1.62. The fourth-order valence-corrected chi connectivity index (χ4v) is 0.862. The Labute approximate surface area is 91.5 Å². The molecule has 0 saturated heterocycles. The first kappa shape index (κ1) is 14.3. The summed E-state index contributed by atoms with van der Waals surface area (Å²) in [6, 6.07) is 0. The third-order valence-corrected chi connectivity index (χ3v) is 2.44. The average Bonchev–Trinajstić information content (AvgIpc) is 2.02. The van der Waals surface area contributed by atoms with E-state index < -0.39 is 16.9 Å². The van der Waals surface area contributed by atoms with Crippen molar-refractivity contribution in [2.45, 2.75) is 36.7 Å². The van der Waals surface area contributed by atoms with Crippen LogP contribution in [0.15, 0.2) is 0 Å². The molecule has 14 heavy (non-hydrogen) atoms. The summed E-state index contributed by atoms with van der Waals surface area (Å²) in [5.41, 5.74) is 0. The van der Waals surface area contributed by atoms with E-state index in [0.717, 1.165) is 12.8 Å². The van der Waals surface area contributed by atoms with Gasteiger partial charge in [-0.1, -0.05) is 24.9 Å². The molecular weight excluding hydrogens is 240 g/mol. The molecule has 0 heterocycles. The standard InChI is InChI=1S/C8H13Cl2F3O/c1-2-3-5-14-6-4-7(9,11)8(10,12)13/h2-6H2,1H3/t7-/m1/s1. The number of unbranched alkanes of at least 4 members (excludes halogenated alkanes) is 1. The summed E-state index contributed by atoms with van der Waals surface area (Å²) >= 11 is 9.37. The topological polar surface area (TPSA) is 9.23 Å². The molecule has 0 N–H and O–H groups in total. The Kier molecular flexibility index (Phi) is 6.17. The van der Waals surface area contributed by atoms with E-state index in [-0.39, 0.29) is 6.61 Å². The van der Waals surface area contributed by atoms with E-state index in [1.807, 2.05) is 6.92 Å².